The molecule has 1 aliphatic rings. The number of benzene rings is 2. The van der Waals surface area contributed by atoms with E-state index in [1.165, 1.54) is 0 Å². The van der Waals surface area contributed by atoms with Gasteiger partial charge in [0.2, 0.25) is 5.91 Å². The van der Waals surface area contributed by atoms with Crippen molar-refractivity contribution in [2.45, 2.75) is 31.8 Å². The number of nitrogens with one attached hydrogen (secondary N) is 2. The summed E-state index contributed by atoms with van der Waals surface area (Å²) in [5, 5.41) is 6.92. The van der Waals surface area contributed by atoms with E-state index in [0.29, 0.717) is 32.6 Å². The van der Waals surface area contributed by atoms with Crippen molar-refractivity contribution in [3.8, 4) is 0 Å². The van der Waals surface area contributed by atoms with Crippen molar-refractivity contribution >= 4 is 52.6 Å². The van der Waals surface area contributed by atoms with Crippen LogP contribution in [0, 0.1) is 0 Å². The number of amides is 4. The number of carbonyl (C=O) groups is 3. The van der Waals surface area contributed by atoms with Gasteiger partial charge in [0.05, 0.1) is 6.04 Å². The predicted molar refractivity (Wildman–Crippen MR) is 117 cm³/mol. The lowest BCUT2D eigenvalue weighted by Crippen LogP contribution is -2.45. The Bertz CT molecular complexity index is 997. The van der Waals surface area contributed by atoms with Crippen LogP contribution in [0.3, 0.4) is 0 Å². The minimum Gasteiger partial charge on any atom is -0.348 e. The van der Waals surface area contributed by atoms with Crippen LogP contribution in [0.1, 0.15) is 37.4 Å². The van der Waals surface area contributed by atoms with E-state index in [-0.39, 0.29) is 0 Å². The van der Waals surface area contributed by atoms with E-state index < -0.39 is 36.0 Å². The SMILES string of the molecule is CCC1(c2ccc(Cl)cc2)NC(=O)N(CC(=O)NC(C)c2ccc(Cl)cc2Cl)C1=O. The van der Waals surface area contributed by atoms with E-state index in [0.717, 1.165) is 4.90 Å². The number of hydrogen-bond acceptors (Lipinski definition) is 3. The molecule has 3 rings (SSSR count). The lowest BCUT2D eigenvalue weighted by atomic mass is 9.87. The second kappa shape index (κ2) is 8.84. The molecule has 0 radical (unpaired) electrons. The van der Waals surface area contributed by atoms with E-state index in [4.69, 9.17) is 34.8 Å². The van der Waals surface area contributed by atoms with E-state index in [9.17, 15) is 14.4 Å². The molecule has 2 atom stereocenters. The van der Waals surface area contributed by atoms with Gasteiger partial charge < -0.3 is 10.6 Å². The fourth-order valence-electron chi connectivity index (χ4n) is 3.50. The third-order valence-corrected chi connectivity index (χ3v) is 5.97. The average molecular weight is 469 g/mol. The van der Waals surface area contributed by atoms with Crippen molar-refractivity contribution in [3.05, 3.63) is 68.7 Å². The highest BCUT2D eigenvalue weighted by Gasteiger charge is 2.51. The summed E-state index contributed by atoms with van der Waals surface area (Å²) in [7, 11) is 0. The first kappa shape index (κ1) is 22.4. The molecule has 9 heteroatoms. The Morgan fingerprint density at radius 2 is 1.73 bits per heavy atom. The summed E-state index contributed by atoms with van der Waals surface area (Å²) in [5.41, 5.74) is 0.0558. The smallest absolute Gasteiger partial charge is 0.325 e. The van der Waals surface area contributed by atoms with Gasteiger partial charge in [-0.15, -0.1) is 0 Å². The van der Waals surface area contributed by atoms with Gasteiger partial charge in [-0.2, -0.15) is 0 Å². The van der Waals surface area contributed by atoms with Gasteiger partial charge in [0.25, 0.3) is 5.91 Å². The van der Waals surface area contributed by atoms with Gasteiger partial charge in [0.15, 0.2) is 0 Å². The monoisotopic (exact) mass is 467 g/mol. The molecule has 2 unspecified atom stereocenters. The zero-order chi connectivity index (χ0) is 22.1. The minimum atomic E-state index is -1.23. The Kier molecular flexibility index (Phi) is 6.60. The Balaban J connectivity index is 1.74. The summed E-state index contributed by atoms with van der Waals surface area (Å²) in [6.45, 7) is 3.14. The van der Waals surface area contributed by atoms with E-state index >= 15 is 0 Å². The number of hydrogen-bond donors (Lipinski definition) is 2. The summed E-state index contributed by atoms with van der Waals surface area (Å²) in [4.78, 5) is 39.1. The van der Waals surface area contributed by atoms with Crippen LogP contribution in [0.15, 0.2) is 42.5 Å². The number of urea groups is 1. The summed E-state index contributed by atoms with van der Waals surface area (Å²) >= 11 is 18.0. The van der Waals surface area contributed by atoms with Crippen LogP contribution in [-0.2, 0) is 15.1 Å². The fourth-order valence-corrected chi connectivity index (χ4v) is 4.20. The number of carbonyl (C=O) groups excluding carboxylic acids is 3. The maximum absolute atomic E-state index is 13.1. The van der Waals surface area contributed by atoms with Crippen LogP contribution in [0.5, 0.6) is 0 Å². The standard InChI is InChI=1S/C21H20Cl3N3O3/c1-3-21(13-4-6-14(22)7-5-13)19(29)27(20(30)26-21)11-18(28)25-12(2)16-9-8-15(23)10-17(16)24/h4-10,12H,3,11H2,1-2H3,(H,25,28)(H,26,30). The number of nitrogens with zero attached hydrogens (tertiary/aromatic N) is 1. The van der Waals surface area contributed by atoms with Crippen LogP contribution in [0.2, 0.25) is 15.1 Å². The second-order valence-electron chi connectivity index (χ2n) is 7.04. The van der Waals surface area contributed by atoms with Crippen molar-refractivity contribution < 1.29 is 14.4 Å². The molecule has 0 aromatic heterocycles. The van der Waals surface area contributed by atoms with Crippen molar-refractivity contribution in [1.82, 2.24) is 15.5 Å². The molecule has 2 aromatic rings. The van der Waals surface area contributed by atoms with Crippen LogP contribution in [0.4, 0.5) is 4.79 Å². The molecule has 0 bridgehead atoms. The van der Waals surface area contributed by atoms with Gasteiger partial charge in [-0.1, -0.05) is 59.9 Å². The van der Waals surface area contributed by atoms with Gasteiger partial charge in [-0.05, 0) is 48.7 Å². The maximum atomic E-state index is 13.1. The molecule has 4 amide bonds. The molecule has 1 heterocycles. The average Bonchev–Trinajstić information content (AvgIpc) is 2.93. The van der Waals surface area contributed by atoms with Gasteiger partial charge >= 0.3 is 6.03 Å². The van der Waals surface area contributed by atoms with E-state index in [1.54, 1.807) is 56.3 Å². The van der Waals surface area contributed by atoms with Gasteiger partial charge in [0.1, 0.15) is 12.1 Å². The van der Waals surface area contributed by atoms with Gasteiger partial charge in [-0.25, -0.2) is 4.79 Å². The molecule has 6 nitrogen and oxygen atoms in total. The Morgan fingerprint density at radius 1 is 1.10 bits per heavy atom. The lowest BCUT2D eigenvalue weighted by Gasteiger charge is -2.26. The molecule has 1 aliphatic heterocycles. The first-order valence-corrected chi connectivity index (χ1v) is 10.5. The summed E-state index contributed by atoms with van der Waals surface area (Å²) < 4.78 is 0. The summed E-state index contributed by atoms with van der Waals surface area (Å²) in [6, 6.07) is 10.6. The molecule has 0 saturated carbocycles. The largest absolute Gasteiger partial charge is 0.348 e. The zero-order valence-corrected chi connectivity index (χ0v) is 18.6. The van der Waals surface area contributed by atoms with Crippen molar-refractivity contribution in [2.75, 3.05) is 6.54 Å². The Labute approximate surface area is 189 Å². The van der Waals surface area contributed by atoms with Crippen molar-refractivity contribution in [3.63, 3.8) is 0 Å². The normalized spacial score (nSPS) is 19.6. The molecule has 1 saturated heterocycles. The van der Waals surface area contributed by atoms with Crippen molar-refractivity contribution in [1.29, 1.82) is 0 Å². The van der Waals surface area contributed by atoms with Crippen molar-refractivity contribution in [2.24, 2.45) is 0 Å². The third-order valence-electron chi connectivity index (χ3n) is 5.15. The first-order valence-electron chi connectivity index (χ1n) is 9.32. The molecule has 1 fully saturated rings. The zero-order valence-electron chi connectivity index (χ0n) is 16.3. The van der Waals surface area contributed by atoms with Crippen LogP contribution < -0.4 is 10.6 Å². The Morgan fingerprint density at radius 3 is 2.33 bits per heavy atom. The second-order valence-corrected chi connectivity index (χ2v) is 8.32. The molecule has 2 N–H and O–H groups in total. The lowest BCUT2D eigenvalue weighted by molar-refractivity contribution is -0.135. The van der Waals surface area contributed by atoms with Crippen LogP contribution >= 0.6 is 34.8 Å². The van der Waals surface area contributed by atoms with Gasteiger partial charge in [0, 0.05) is 15.1 Å². The quantitative estimate of drug-likeness (QED) is 0.604. The van der Waals surface area contributed by atoms with Crippen LogP contribution in [0.25, 0.3) is 0 Å². The Hall–Kier alpha value is -2.28. The molecule has 30 heavy (non-hydrogen) atoms. The molecular formula is C21H20Cl3N3O3. The van der Waals surface area contributed by atoms with Gasteiger partial charge in [-0.3, -0.25) is 14.5 Å². The third kappa shape index (κ3) is 4.26. The molecule has 2 aromatic carbocycles. The van der Waals surface area contributed by atoms with E-state index in [1.807, 2.05) is 0 Å². The highest BCUT2D eigenvalue weighted by molar-refractivity contribution is 6.35. The molecule has 0 spiro atoms. The number of halogens is 3. The molecule has 158 valence electrons. The maximum Gasteiger partial charge on any atom is 0.325 e. The van der Waals surface area contributed by atoms with E-state index in [2.05, 4.69) is 10.6 Å². The predicted octanol–water partition coefficient (Wildman–Crippen LogP) is 4.68. The molecule has 0 aliphatic carbocycles. The molecular weight excluding hydrogens is 449 g/mol. The van der Waals surface area contributed by atoms with Crippen LogP contribution in [-0.4, -0.2) is 29.3 Å². The fraction of sp³-hybridized carbons (Fsp3) is 0.286. The highest BCUT2D eigenvalue weighted by Crippen LogP contribution is 2.33. The topological polar surface area (TPSA) is 78.5 Å². The number of imide groups is 1. The number of rotatable bonds is 6. The summed E-state index contributed by atoms with van der Waals surface area (Å²) in [6.07, 6.45) is 0.327. The summed E-state index contributed by atoms with van der Waals surface area (Å²) in [5.74, 6) is -0.968. The first-order chi connectivity index (χ1) is 14.2. The highest BCUT2D eigenvalue weighted by atomic mass is 35.5. The minimum absolute atomic E-state index is 0.327.